The van der Waals surface area contributed by atoms with E-state index in [1.54, 1.807) is 0 Å². The van der Waals surface area contributed by atoms with Crippen molar-refractivity contribution in [3.63, 3.8) is 0 Å². The first-order valence-electron chi connectivity index (χ1n) is 19.3. The van der Waals surface area contributed by atoms with Crippen molar-refractivity contribution in [2.24, 2.45) is 20.6 Å². The van der Waals surface area contributed by atoms with Gasteiger partial charge in [-0.15, -0.1) is 0 Å². The fraction of sp³-hybridized carbons (Fsp3) is 0.400. The van der Waals surface area contributed by atoms with Gasteiger partial charge >= 0.3 is 0 Å². The van der Waals surface area contributed by atoms with Crippen LogP contribution in [0.25, 0.3) is 0 Å². The molecule has 0 radical (unpaired) electrons. The lowest BCUT2D eigenvalue weighted by atomic mass is 9.91. The molecule has 64 heavy (non-hydrogen) atoms. The Morgan fingerprint density at radius 3 is 0.609 bits per heavy atom. The number of nitrogens with two attached hydrogens (primary N) is 4. The topological polar surface area (TPSA) is 314 Å². The van der Waals surface area contributed by atoms with Gasteiger partial charge < -0.3 is 37.9 Å². The van der Waals surface area contributed by atoms with Crippen molar-refractivity contribution in [2.75, 3.05) is 81.3 Å². The van der Waals surface area contributed by atoms with E-state index < -0.39 is 40.1 Å². The zero-order chi connectivity index (χ0) is 47.0. The molecule has 0 fully saturated rings. The zero-order valence-electron chi connectivity index (χ0n) is 35.6. The summed E-state index contributed by atoms with van der Waals surface area (Å²) in [7, 11) is -12.1. The van der Waals surface area contributed by atoms with Crippen molar-refractivity contribution in [2.45, 2.75) is 45.3 Å². The van der Waals surface area contributed by atoms with Crippen molar-refractivity contribution in [1.29, 1.82) is 0 Å². The van der Waals surface area contributed by atoms with Crippen LogP contribution in [0.4, 0.5) is 0 Å². The van der Waals surface area contributed by atoms with Crippen LogP contribution in [0.5, 0.6) is 23.0 Å². The second kappa shape index (κ2) is 21.2. The number of primary sulfonamides is 4. The maximum absolute atomic E-state index is 13.2. The zero-order valence-corrected chi connectivity index (χ0v) is 38.8. The minimum atomic E-state index is -4.47. The van der Waals surface area contributed by atoms with Gasteiger partial charge in [-0.25, -0.2) is 54.2 Å². The van der Waals surface area contributed by atoms with Crippen LogP contribution in [0.3, 0.4) is 0 Å². The van der Waals surface area contributed by atoms with Crippen LogP contribution >= 0.6 is 0 Å². The molecule has 0 saturated heterocycles. The molecule has 1 aliphatic rings. The van der Waals surface area contributed by atoms with E-state index in [-0.39, 0.29) is 166 Å². The van der Waals surface area contributed by atoms with Gasteiger partial charge in [-0.3, -0.25) is 0 Å². The van der Waals surface area contributed by atoms with Gasteiger partial charge in [0.2, 0.25) is 40.1 Å². The summed E-state index contributed by atoms with van der Waals surface area (Å²) in [6, 6.07) is 10.1. The molecule has 24 heteroatoms. The molecule has 4 aromatic rings. The van der Waals surface area contributed by atoms with Crippen molar-refractivity contribution >= 4 is 40.1 Å². The molecule has 5 rings (SSSR count). The van der Waals surface area contributed by atoms with E-state index in [4.69, 9.17) is 58.5 Å². The Kier molecular flexibility index (Phi) is 16.8. The fourth-order valence-corrected chi connectivity index (χ4v) is 9.52. The van der Waals surface area contributed by atoms with E-state index in [1.165, 1.54) is 77.0 Å². The average Bonchev–Trinajstić information content (AvgIpc) is 3.19. The normalized spacial score (nSPS) is 13.4. The van der Waals surface area contributed by atoms with Crippen molar-refractivity contribution in [1.82, 2.24) is 0 Å². The van der Waals surface area contributed by atoms with E-state index in [1.807, 2.05) is 0 Å². The molecule has 0 heterocycles. The van der Waals surface area contributed by atoms with Gasteiger partial charge in [-0.2, -0.15) is 0 Å². The molecule has 0 amide bonds. The van der Waals surface area contributed by atoms with Crippen LogP contribution < -0.4 is 39.5 Å². The Labute approximate surface area is 373 Å². The van der Waals surface area contributed by atoms with E-state index in [2.05, 4.69) is 0 Å². The number of ether oxygens (including phenoxy) is 8. The van der Waals surface area contributed by atoms with E-state index >= 15 is 0 Å². The molecule has 0 saturated carbocycles. The van der Waals surface area contributed by atoms with Crippen LogP contribution in [0.15, 0.2) is 68.1 Å². The summed E-state index contributed by atoms with van der Waals surface area (Å²) in [6.45, 7) is 0.0839. The summed E-state index contributed by atoms with van der Waals surface area (Å²) in [5.41, 5.74) is 1.37. The molecule has 1 aliphatic carbocycles. The number of sulfonamides is 4. The molecule has 0 unspecified atom stereocenters. The monoisotopic (exact) mass is 972 g/mol. The maximum atomic E-state index is 13.2. The second-order valence-corrected chi connectivity index (χ2v) is 20.8. The van der Waals surface area contributed by atoms with Gasteiger partial charge in [0.05, 0.1) is 46.0 Å². The van der Waals surface area contributed by atoms with E-state index in [9.17, 15) is 33.7 Å². The highest BCUT2D eigenvalue weighted by atomic mass is 32.2. The lowest BCUT2D eigenvalue weighted by Gasteiger charge is -2.24. The molecule has 20 nitrogen and oxygen atoms in total. The minimum Gasteiger partial charge on any atom is -0.491 e. The molecule has 4 aromatic carbocycles. The molecular weight excluding hydrogens is 921 g/mol. The SMILES string of the molecule is COCCOc1c2cc(S(N)(=O)=O)cc1Cc1cc(S(N)(=O)=O)cc(c1OCCOC)Cc1cc(S(N)(=O)=O)cc(c1OCCOC)Cc1cc(S(N)(=O)=O)cc(c1OCCOC)C2. The second-order valence-electron chi connectivity index (χ2n) is 14.5. The third kappa shape index (κ3) is 12.9. The number of methoxy groups -OCH3 is 4. The number of fused-ring (bicyclic) bond motifs is 8. The highest BCUT2D eigenvalue weighted by Crippen LogP contribution is 2.42. The first-order valence-corrected chi connectivity index (χ1v) is 25.5. The molecule has 352 valence electrons. The van der Waals surface area contributed by atoms with Crippen LogP contribution in [0.2, 0.25) is 0 Å². The first kappa shape index (κ1) is 50.6. The Bertz CT molecular complexity index is 2330. The summed E-state index contributed by atoms with van der Waals surface area (Å²) in [6.07, 6.45) is -1.12. The Balaban J connectivity index is 2.04. The summed E-state index contributed by atoms with van der Waals surface area (Å²) >= 11 is 0. The molecule has 0 aromatic heterocycles. The number of rotatable bonds is 20. The third-order valence-electron chi connectivity index (χ3n) is 9.84. The lowest BCUT2D eigenvalue weighted by molar-refractivity contribution is 0.144. The lowest BCUT2D eigenvalue weighted by Crippen LogP contribution is -2.18. The predicted octanol–water partition coefficient (Wildman–Crippen LogP) is 1.05. The smallest absolute Gasteiger partial charge is 0.238 e. The van der Waals surface area contributed by atoms with Gasteiger partial charge in [0.15, 0.2) is 0 Å². The summed E-state index contributed by atoms with van der Waals surface area (Å²) in [5.74, 6) is 0.460. The highest BCUT2D eigenvalue weighted by Gasteiger charge is 2.28. The van der Waals surface area contributed by atoms with Crippen molar-refractivity contribution < 1.29 is 71.6 Å². The van der Waals surface area contributed by atoms with Crippen molar-refractivity contribution in [3.05, 3.63) is 93.0 Å². The Morgan fingerprint density at radius 2 is 0.484 bits per heavy atom. The number of hydrogen-bond donors (Lipinski definition) is 4. The summed E-state index contributed by atoms with van der Waals surface area (Å²) in [5, 5.41) is 23.0. The van der Waals surface area contributed by atoms with Crippen LogP contribution in [0.1, 0.15) is 44.5 Å². The maximum Gasteiger partial charge on any atom is 0.238 e. The summed E-state index contributed by atoms with van der Waals surface area (Å²) < 4.78 is 152. The van der Waals surface area contributed by atoms with E-state index in [0.717, 1.165) is 0 Å². The van der Waals surface area contributed by atoms with Gasteiger partial charge in [0.1, 0.15) is 49.4 Å². The molecule has 0 aliphatic heterocycles. The van der Waals surface area contributed by atoms with Gasteiger partial charge in [-0.1, -0.05) is 0 Å². The van der Waals surface area contributed by atoms with Crippen LogP contribution in [-0.4, -0.2) is 115 Å². The Morgan fingerprint density at radius 1 is 0.328 bits per heavy atom. The van der Waals surface area contributed by atoms with E-state index in [0.29, 0.717) is 0 Å². The Hall–Kier alpha value is -4.44. The number of hydrogen-bond acceptors (Lipinski definition) is 16. The summed E-state index contributed by atoms with van der Waals surface area (Å²) in [4.78, 5) is -1.46. The van der Waals surface area contributed by atoms with Crippen LogP contribution in [-0.2, 0) is 84.7 Å². The minimum absolute atomic E-state index is 0.0581. The van der Waals surface area contributed by atoms with Gasteiger partial charge in [0, 0.05) is 98.6 Å². The third-order valence-corrected chi connectivity index (χ3v) is 13.4. The van der Waals surface area contributed by atoms with Gasteiger partial charge in [-0.05, 0) is 48.5 Å². The average molecular weight is 973 g/mol. The van der Waals surface area contributed by atoms with Crippen LogP contribution in [0, 0.1) is 0 Å². The molecule has 0 spiro atoms. The molecular formula is C40H52N4O16S4. The molecule has 0 atom stereocenters. The predicted molar refractivity (Wildman–Crippen MR) is 232 cm³/mol. The standard InChI is InChI=1S/C40H52N4O16S4/c1-53-5-9-57-37-25-13-27-19-34(62(42,47)48)21-29(38(27)58-10-6-54-2)15-31-23-36(64(44,51)52)24-32(40(31)60-12-8-56-4)16-30-22-35(63(43,49)50)20-28(39(30)59-11-7-55-3)14-26(37)18-33(17-25)61(41,45)46/h17-24H,5-16H2,1-4H3,(H2,41,45,46)(H2,42,47,48)(H2,43,49,50)(H2,44,51,52). The largest absolute Gasteiger partial charge is 0.491 e. The highest BCUT2D eigenvalue weighted by molar-refractivity contribution is 7.90. The first-order chi connectivity index (χ1) is 30.1. The molecule has 8 N–H and O–H groups in total. The van der Waals surface area contributed by atoms with Gasteiger partial charge in [0.25, 0.3) is 0 Å². The van der Waals surface area contributed by atoms with Crippen molar-refractivity contribution in [3.8, 4) is 23.0 Å². The number of benzene rings is 4. The quantitative estimate of drug-likeness (QED) is 0.0793. The molecule has 8 bridgehead atoms. The fourth-order valence-electron chi connectivity index (χ4n) is 7.07.